The van der Waals surface area contributed by atoms with E-state index in [1.54, 1.807) is 0 Å². The summed E-state index contributed by atoms with van der Waals surface area (Å²) in [6.45, 7) is 1.90. The van der Waals surface area contributed by atoms with Crippen LogP contribution in [0.2, 0.25) is 0 Å². The lowest BCUT2D eigenvalue weighted by atomic mass is 10.1. The van der Waals surface area contributed by atoms with Gasteiger partial charge >= 0.3 is 0 Å². The Labute approximate surface area is 135 Å². The minimum atomic E-state index is -0.121. The zero-order valence-electron chi connectivity index (χ0n) is 13.5. The standard InChI is InChI=1S/C19H19N3O/c1-13-12-17(16-6-4-5-7-18(16)20-13)19(23)21-14-8-10-15(11-9-14)22(2)3/h4-12H,1-3H3,(H,21,23). The van der Waals surface area contributed by atoms with Crippen LogP contribution in [0.5, 0.6) is 0 Å². The lowest BCUT2D eigenvalue weighted by Gasteiger charge is -2.13. The van der Waals surface area contributed by atoms with Crippen molar-refractivity contribution in [2.45, 2.75) is 6.92 Å². The van der Waals surface area contributed by atoms with Crippen molar-refractivity contribution in [3.05, 3.63) is 65.9 Å². The Bertz CT molecular complexity index is 854. The summed E-state index contributed by atoms with van der Waals surface area (Å²) in [6.07, 6.45) is 0. The molecule has 3 aromatic rings. The maximum atomic E-state index is 12.6. The molecule has 1 amide bonds. The van der Waals surface area contributed by atoms with Gasteiger partial charge in [0, 0.05) is 36.6 Å². The molecule has 0 radical (unpaired) electrons. The maximum Gasteiger partial charge on any atom is 0.256 e. The van der Waals surface area contributed by atoms with Gasteiger partial charge in [-0.15, -0.1) is 0 Å². The highest BCUT2D eigenvalue weighted by molar-refractivity contribution is 6.12. The molecule has 0 atom stereocenters. The van der Waals surface area contributed by atoms with Crippen LogP contribution in [0, 0.1) is 6.92 Å². The Balaban J connectivity index is 1.91. The van der Waals surface area contributed by atoms with Gasteiger partial charge in [0.25, 0.3) is 5.91 Å². The molecule has 3 rings (SSSR count). The maximum absolute atomic E-state index is 12.6. The highest BCUT2D eigenvalue weighted by atomic mass is 16.1. The topological polar surface area (TPSA) is 45.2 Å². The van der Waals surface area contributed by atoms with Crippen LogP contribution in [-0.4, -0.2) is 25.0 Å². The number of benzene rings is 2. The number of aryl methyl sites for hydroxylation is 1. The first-order valence-electron chi connectivity index (χ1n) is 7.50. The Hall–Kier alpha value is -2.88. The number of hydrogen-bond acceptors (Lipinski definition) is 3. The van der Waals surface area contributed by atoms with Crippen molar-refractivity contribution >= 4 is 28.2 Å². The van der Waals surface area contributed by atoms with Crippen LogP contribution < -0.4 is 10.2 Å². The average molecular weight is 305 g/mol. The number of aromatic nitrogens is 1. The van der Waals surface area contributed by atoms with Crippen molar-refractivity contribution in [3.8, 4) is 0 Å². The number of amides is 1. The highest BCUT2D eigenvalue weighted by Crippen LogP contribution is 2.21. The van der Waals surface area contributed by atoms with E-state index in [1.807, 2.05) is 80.5 Å². The molecular weight excluding hydrogens is 286 g/mol. The molecule has 1 aromatic heterocycles. The molecule has 116 valence electrons. The lowest BCUT2D eigenvalue weighted by Crippen LogP contribution is -2.13. The number of hydrogen-bond donors (Lipinski definition) is 1. The van der Waals surface area contributed by atoms with Gasteiger partial charge in [-0.25, -0.2) is 0 Å². The number of para-hydroxylation sites is 1. The van der Waals surface area contributed by atoms with Crippen molar-refractivity contribution < 1.29 is 4.79 Å². The first-order valence-corrected chi connectivity index (χ1v) is 7.50. The third kappa shape index (κ3) is 3.16. The number of carbonyl (C=O) groups is 1. The summed E-state index contributed by atoms with van der Waals surface area (Å²) >= 11 is 0. The second-order valence-electron chi connectivity index (χ2n) is 5.72. The molecule has 4 heteroatoms. The highest BCUT2D eigenvalue weighted by Gasteiger charge is 2.12. The molecule has 0 aliphatic rings. The number of fused-ring (bicyclic) bond motifs is 1. The first kappa shape index (κ1) is 15.0. The zero-order chi connectivity index (χ0) is 16.4. The molecule has 1 N–H and O–H groups in total. The minimum Gasteiger partial charge on any atom is -0.378 e. The van der Waals surface area contributed by atoms with Crippen LogP contribution >= 0.6 is 0 Å². The molecule has 2 aromatic carbocycles. The van der Waals surface area contributed by atoms with E-state index in [4.69, 9.17) is 0 Å². The van der Waals surface area contributed by atoms with Crippen molar-refractivity contribution in [2.24, 2.45) is 0 Å². The smallest absolute Gasteiger partial charge is 0.256 e. The lowest BCUT2D eigenvalue weighted by molar-refractivity contribution is 0.102. The van der Waals surface area contributed by atoms with Gasteiger partial charge in [0.15, 0.2) is 0 Å². The van der Waals surface area contributed by atoms with E-state index in [1.165, 1.54) is 0 Å². The Morgan fingerprint density at radius 3 is 2.43 bits per heavy atom. The fraction of sp³-hybridized carbons (Fsp3) is 0.158. The third-order valence-corrected chi connectivity index (χ3v) is 3.73. The van der Waals surface area contributed by atoms with E-state index in [-0.39, 0.29) is 5.91 Å². The predicted octanol–water partition coefficient (Wildman–Crippen LogP) is 3.86. The van der Waals surface area contributed by atoms with E-state index < -0.39 is 0 Å². The molecule has 0 unspecified atom stereocenters. The van der Waals surface area contributed by atoms with Gasteiger partial charge in [0.2, 0.25) is 0 Å². The van der Waals surface area contributed by atoms with E-state index in [9.17, 15) is 4.79 Å². The van der Waals surface area contributed by atoms with Crippen LogP contribution in [-0.2, 0) is 0 Å². The van der Waals surface area contributed by atoms with E-state index in [0.717, 1.165) is 28.0 Å². The number of rotatable bonds is 3. The second kappa shape index (κ2) is 6.08. The van der Waals surface area contributed by atoms with Crippen LogP contribution in [0.25, 0.3) is 10.9 Å². The summed E-state index contributed by atoms with van der Waals surface area (Å²) in [6, 6.07) is 17.3. The van der Waals surface area contributed by atoms with Crippen LogP contribution in [0.4, 0.5) is 11.4 Å². The van der Waals surface area contributed by atoms with E-state index >= 15 is 0 Å². The van der Waals surface area contributed by atoms with Crippen molar-refractivity contribution in [2.75, 3.05) is 24.3 Å². The number of pyridine rings is 1. The van der Waals surface area contributed by atoms with E-state index in [0.29, 0.717) is 5.56 Å². The molecule has 0 saturated heterocycles. The molecule has 1 heterocycles. The molecule has 0 aliphatic heterocycles. The molecule has 0 bridgehead atoms. The summed E-state index contributed by atoms with van der Waals surface area (Å²) in [5, 5.41) is 3.82. The molecule has 23 heavy (non-hydrogen) atoms. The summed E-state index contributed by atoms with van der Waals surface area (Å²) in [5.41, 5.74) is 4.18. The second-order valence-corrected chi connectivity index (χ2v) is 5.72. The van der Waals surface area contributed by atoms with Gasteiger partial charge in [-0.05, 0) is 43.3 Å². The number of carbonyl (C=O) groups excluding carboxylic acids is 1. The molecule has 4 nitrogen and oxygen atoms in total. The van der Waals surface area contributed by atoms with Crippen molar-refractivity contribution in [3.63, 3.8) is 0 Å². The fourth-order valence-electron chi connectivity index (χ4n) is 2.54. The third-order valence-electron chi connectivity index (χ3n) is 3.73. The van der Waals surface area contributed by atoms with E-state index in [2.05, 4.69) is 10.3 Å². The van der Waals surface area contributed by atoms with Gasteiger partial charge in [0.1, 0.15) is 0 Å². The largest absolute Gasteiger partial charge is 0.378 e. The fourth-order valence-corrected chi connectivity index (χ4v) is 2.54. The summed E-state index contributed by atoms with van der Waals surface area (Å²) < 4.78 is 0. The summed E-state index contributed by atoms with van der Waals surface area (Å²) in [5.74, 6) is -0.121. The average Bonchev–Trinajstić information content (AvgIpc) is 2.54. The normalized spacial score (nSPS) is 10.6. The number of nitrogens with one attached hydrogen (secondary N) is 1. The Morgan fingerprint density at radius 1 is 1.04 bits per heavy atom. The van der Waals surface area contributed by atoms with Gasteiger partial charge in [0.05, 0.1) is 11.1 Å². The van der Waals surface area contributed by atoms with Gasteiger partial charge in [-0.1, -0.05) is 18.2 Å². The Kier molecular flexibility index (Phi) is 3.98. The van der Waals surface area contributed by atoms with Crippen LogP contribution in [0.15, 0.2) is 54.6 Å². The quantitative estimate of drug-likeness (QED) is 0.799. The number of anilines is 2. The van der Waals surface area contributed by atoms with Crippen LogP contribution in [0.1, 0.15) is 16.1 Å². The molecule has 0 aliphatic carbocycles. The number of nitrogens with zero attached hydrogens (tertiary/aromatic N) is 2. The molecule has 0 saturated carbocycles. The van der Waals surface area contributed by atoms with Gasteiger partial charge < -0.3 is 10.2 Å². The first-order chi connectivity index (χ1) is 11.0. The summed E-state index contributed by atoms with van der Waals surface area (Å²) in [4.78, 5) is 19.1. The predicted molar refractivity (Wildman–Crippen MR) is 95.2 cm³/mol. The zero-order valence-corrected chi connectivity index (χ0v) is 13.5. The summed E-state index contributed by atoms with van der Waals surface area (Å²) in [7, 11) is 3.97. The monoisotopic (exact) mass is 305 g/mol. The van der Waals surface area contributed by atoms with Gasteiger partial charge in [-0.3, -0.25) is 9.78 Å². The van der Waals surface area contributed by atoms with Crippen molar-refractivity contribution in [1.82, 2.24) is 4.98 Å². The molecular formula is C19H19N3O. The van der Waals surface area contributed by atoms with Crippen molar-refractivity contribution in [1.29, 1.82) is 0 Å². The SMILES string of the molecule is Cc1cc(C(=O)Nc2ccc(N(C)C)cc2)c2ccccc2n1. The minimum absolute atomic E-state index is 0.121. The van der Waals surface area contributed by atoms with Crippen LogP contribution in [0.3, 0.4) is 0 Å². The molecule has 0 fully saturated rings. The molecule has 0 spiro atoms. The van der Waals surface area contributed by atoms with Gasteiger partial charge in [-0.2, -0.15) is 0 Å². The Morgan fingerprint density at radius 2 is 1.74 bits per heavy atom.